The Labute approximate surface area is 110 Å². The van der Waals surface area contributed by atoms with E-state index >= 15 is 0 Å². The molecule has 0 fully saturated rings. The number of nitrogens with zero attached hydrogens (tertiary/aromatic N) is 3. The van der Waals surface area contributed by atoms with E-state index in [2.05, 4.69) is 21.6 Å². The van der Waals surface area contributed by atoms with Gasteiger partial charge in [0.1, 0.15) is 18.7 Å². The van der Waals surface area contributed by atoms with E-state index in [4.69, 9.17) is 9.57 Å². The molecule has 96 valence electrons. The normalized spacial score (nSPS) is 23.6. The first-order valence-corrected chi connectivity index (χ1v) is 6.17. The topological polar surface area (TPSA) is 58.5 Å². The number of hydrogen-bond donors (Lipinski definition) is 1. The quantitative estimate of drug-likeness (QED) is 0.707. The lowest BCUT2D eigenvalue weighted by Gasteiger charge is -2.31. The number of allylic oxidation sites excluding steroid dienone is 4. The van der Waals surface area contributed by atoms with Crippen LogP contribution in [0.5, 0.6) is 0 Å². The first-order chi connectivity index (χ1) is 9.43. The second-order valence-electron chi connectivity index (χ2n) is 4.38. The van der Waals surface area contributed by atoms with Gasteiger partial charge in [-0.2, -0.15) is 0 Å². The molecular formula is C13H12N4O2. The number of hydrogen-bond acceptors (Lipinski definition) is 6. The van der Waals surface area contributed by atoms with Crippen LogP contribution < -0.4 is 5.43 Å². The minimum atomic E-state index is 0.468. The predicted molar refractivity (Wildman–Crippen MR) is 69.8 cm³/mol. The number of rotatable bonds is 0. The summed E-state index contributed by atoms with van der Waals surface area (Å²) in [5.74, 6) is 0.784. The highest BCUT2D eigenvalue weighted by molar-refractivity contribution is 6.08. The average molecular weight is 256 g/mol. The van der Waals surface area contributed by atoms with E-state index in [0.29, 0.717) is 18.9 Å². The molecule has 0 amide bonds. The highest BCUT2D eigenvalue weighted by Crippen LogP contribution is 2.34. The Morgan fingerprint density at radius 2 is 2.26 bits per heavy atom. The standard InChI is InChI=1S/C13H12N4O2/c1-2-9-12-10(14-8-15-17(12)5-1)3-4-11-13(9)18-6-7-19-16-11/h1,3-5,8H,2,6-7H2,(H,14,15). The van der Waals surface area contributed by atoms with Crippen molar-refractivity contribution in [2.45, 2.75) is 6.42 Å². The van der Waals surface area contributed by atoms with Gasteiger partial charge >= 0.3 is 0 Å². The van der Waals surface area contributed by atoms with E-state index in [9.17, 15) is 0 Å². The zero-order chi connectivity index (χ0) is 12.7. The molecule has 0 saturated heterocycles. The van der Waals surface area contributed by atoms with Crippen LogP contribution in [0, 0.1) is 0 Å². The minimum Gasteiger partial charge on any atom is -0.487 e. The summed E-state index contributed by atoms with van der Waals surface area (Å²) in [5.41, 5.74) is 6.80. The molecule has 0 radical (unpaired) electrons. The molecule has 4 aliphatic rings. The van der Waals surface area contributed by atoms with Crippen molar-refractivity contribution in [2.75, 3.05) is 13.2 Å². The molecule has 3 heterocycles. The van der Waals surface area contributed by atoms with Crippen LogP contribution in [0.15, 0.2) is 57.3 Å². The molecule has 4 rings (SSSR count). The van der Waals surface area contributed by atoms with Crippen LogP contribution in [0.1, 0.15) is 6.42 Å². The monoisotopic (exact) mass is 256 g/mol. The first kappa shape index (κ1) is 10.4. The van der Waals surface area contributed by atoms with Crippen LogP contribution >= 0.6 is 0 Å². The fourth-order valence-corrected chi connectivity index (χ4v) is 2.44. The predicted octanol–water partition coefficient (Wildman–Crippen LogP) is 1.19. The number of aliphatic imine (C=N–C) groups is 1. The van der Waals surface area contributed by atoms with Gasteiger partial charge in [-0.15, -0.1) is 0 Å². The number of hydrazine groups is 1. The summed E-state index contributed by atoms with van der Waals surface area (Å²) in [7, 11) is 0. The second-order valence-corrected chi connectivity index (χ2v) is 4.38. The van der Waals surface area contributed by atoms with Crippen molar-refractivity contribution in [3.8, 4) is 0 Å². The summed E-state index contributed by atoms with van der Waals surface area (Å²) in [6.45, 7) is 0.971. The van der Waals surface area contributed by atoms with Crippen LogP contribution in [0.3, 0.4) is 0 Å². The fraction of sp³-hybridized carbons (Fsp3) is 0.231. The number of fused-ring (bicyclic) bond motifs is 1. The van der Waals surface area contributed by atoms with Crippen molar-refractivity contribution in [2.24, 2.45) is 10.1 Å². The number of ether oxygens (including phenoxy) is 1. The Balaban J connectivity index is 1.96. The van der Waals surface area contributed by atoms with Crippen molar-refractivity contribution in [1.82, 2.24) is 10.4 Å². The summed E-state index contributed by atoms with van der Waals surface area (Å²) in [6, 6.07) is 0. The molecule has 6 nitrogen and oxygen atoms in total. The molecule has 0 bridgehead atoms. The molecule has 0 unspecified atom stereocenters. The lowest BCUT2D eigenvalue weighted by Crippen LogP contribution is -2.37. The maximum Gasteiger partial charge on any atom is 0.154 e. The molecule has 3 aliphatic heterocycles. The Morgan fingerprint density at radius 3 is 3.26 bits per heavy atom. The average Bonchev–Trinajstić information content (AvgIpc) is 2.76. The molecular weight excluding hydrogens is 244 g/mol. The van der Waals surface area contributed by atoms with E-state index in [1.165, 1.54) is 0 Å². The summed E-state index contributed by atoms with van der Waals surface area (Å²) in [4.78, 5) is 9.55. The Bertz CT molecular complexity index is 610. The van der Waals surface area contributed by atoms with E-state index in [1.54, 1.807) is 6.34 Å². The highest BCUT2D eigenvalue weighted by atomic mass is 16.6. The van der Waals surface area contributed by atoms with E-state index in [0.717, 1.165) is 29.1 Å². The maximum atomic E-state index is 5.82. The molecule has 1 aliphatic carbocycles. The van der Waals surface area contributed by atoms with Gasteiger partial charge in [-0.05, 0) is 18.6 Å². The van der Waals surface area contributed by atoms with Gasteiger partial charge in [0.2, 0.25) is 0 Å². The van der Waals surface area contributed by atoms with Gasteiger partial charge in [0.15, 0.2) is 12.4 Å². The lowest BCUT2D eigenvalue weighted by molar-refractivity contribution is 0.0991. The van der Waals surface area contributed by atoms with Crippen molar-refractivity contribution >= 4 is 12.1 Å². The van der Waals surface area contributed by atoms with Crippen molar-refractivity contribution in [1.29, 1.82) is 0 Å². The summed E-state index contributed by atoms with van der Waals surface area (Å²) >= 11 is 0. The SMILES string of the molecule is C1=CN2NC=NC3=C2C(=C2OCCON=C2C=C3)C1. The zero-order valence-electron chi connectivity index (χ0n) is 10.2. The molecule has 6 heteroatoms. The largest absolute Gasteiger partial charge is 0.487 e. The van der Waals surface area contributed by atoms with Crippen molar-refractivity contribution in [3.05, 3.63) is 47.2 Å². The van der Waals surface area contributed by atoms with Crippen LogP contribution in [-0.2, 0) is 9.57 Å². The Kier molecular flexibility index (Phi) is 2.20. The molecule has 19 heavy (non-hydrogen) atoms. The van der Waals surface area contributed by atoms with Gasteiger partial charge in [0, 0.05) is 11.8 Å². The molecule has 0 aromatic carbocycles. The lowest BCUT2D eigenvalue weighted by atomic mass is 10.0. The van der Waals surface area contributed by atoms with Gasteiger partial charge in [0.25, 0.3) is 0 Å². The molecule has 0 saturated carbocycles. The Hall–Kier alpha value is -2.50. The van der Waals surface area contributed by atoms with Crippen molar-refractivity contribution in [3.63, 3.8) is 0 Å². The summed E-state index contributed by atoms with van der Waals surface area (Å²) in [5, 5.41) is 6.06. The molecule has 0 spiro atoms. The van der Waals surface area contributed by atoms with Gasteiger partial charge in [-0.1, -0.05) is 11.2 Å². The van der Waals surface area contributed by atoms with E-state index in [-0.39, 0.29) is 0 Å². The first-order valence-electron chi connectivity index (χ1n) is 6.17. The van der Waals surface area contributed by atoms with Crippen LogP contribution in [0.25, 0.3) is 0 Å². The molecule has 0 atom stereocenters. The third kappa shape index (κ3) is 1.56. The van der Waals surface area contributed by atoms with Gasteiger partial charge in [-0.3, -0.25) is 10.4 Å². The van der Waals surface area contributed by atoms with Crippen LogP contribution in [-0.4, -0.2) is 30.3 Å². The number of oxime groups is 1. The Morgan fingerprint density at radius 1 is 1.26 bits per heavy atom. The van der Waals surface area contributed by atoms with Gasteiger partial charge in [-0.25, -0.2) is 4.99 Å². The second kappa shape index (κ2) is 4.01. The van der Waals surface area contributed by atoms with Crippen molar-refractivity contribution < 1.29 is 9.57 Å². The van der Waals surface area contributed by atoms with Gasteiger partial charge < -0.3 is 9.57 Å². The van der Waals surface area contributed by atoms with Crippen LogP contribution in [0.4, 0.5) is 0 Å². The zero-order valence-corrected chi connectivity index (χ0v) is 10.2. The smallest absolute Gasteiger partial charge is 0.154 e. The summed E-state index contributed by atoms with van der Waals surface area (Å²) in [6.07, 6.45) is 10.4. The molecule has 0 aromatic heterocycles. The maximum absolute atomic E-state index is 5.82. The molecule has 0 aromatic rings. The third-order valence-electron chi connectivity index (χ3n) is 3.24. The fourth-order valence-electron chi connectivity index (χ4n) is 2.44. The minimum absolute atomic E-state index is 0.468. The van der Waals surface area contributed by atoms with E-state index < -0.39 is 0 Å². The van der Waals surface area contributed by atoms with Gasteiger partial charge in [0.05, 0.1) is 11.4 Å². The highest BCUT2D eigenvalue weighted by Gasteiger charge is 2.29. The van der Waals surface area contributed by atoms with E-state index in [1.807, 2.05) is 23.4 Å². The molecule has 1 N–H and O–H groups in total. The summed E-state index contributed by atoms with van der Waals surface area (Å²) < 4.78 is 5.82. The number of nitrogens with one attached hydrogen (secondary N) is 1. The third-order valence-corrected chi connectivity index (χ3v) is 3.24. The van der Waals surface area contributed by atoms with Crippen LogP contribution in [0.2, 0.25) is 0 Å².